The maximum atomic E-state index is 12.9. The molecule has 2 unspecified atom stereocenters. The summed E-state index contributed by atoms with van der Waals surface area (Å²) >= 11 is 6.59. The molecule has 296 valence electrons. The lowest BCUT2D eigenvalue weighted by molar-refractivity contribution is -0.155. The second-order valence-electron chi connectivity index (χ2n) is 13.9. The highest BCUT2D eigenvalue weighted by molar-refractivity contribution is 6.31. The van der Waals surface area contributed by atoms with Crippen molar-refractivity contribution in [3.05, 3.63) is 47.5 Å². The predicted octanol–water partition coefficient (Wildman–Crippen LogP) is 11.6. The molecule has 0 saturated heterocycles. The molecule has 0 N–H and O–H groups in total. The molecule has 0 saturated carbocycles. The van der Waals surface area contributed by atoms with Crippen molar-refractivity contribution in [2.24, 2.45) is 0 Å². The Labute approximate surface area is 323 Å². The van der Waals surface area contributed by atoms with Crippen molar-refractivity contribution < 1.29 is 38.0 Å². The van der Waals surface area contributed by atoms with Gasteiger partial charge in [0.05, 0.1) is 13.2 Å². The maximum Gasteiger partial charge on any atom is 0.306 e. The van der Waals surface area contributed by atoms with Crippen LogP contribution in [0.3, 0.4) is 0 Å². The fourth-order valence-electron chi connectivity index (χ4n) is 6.19. The maximum absolute atomic E-state index is 12.9. The Kier molecular flexibility index (Phi) is 22.3. The van der Waals surface area contributed by atoms with Gasteiger partial charge in [-0.25, -0.2) is 0 Å². The van der Waals surface area contributed by atoms with Crippen molar-refractivity contribution in [3.8, 4) is 11.5 Å². The highest BCUT2D eigenvalue weighted by atomic mass is 35.5. The summed E-state index contributed by atoms with van der Waals surface area (Å²) in [4.78, 5) is 25.7. The van der Waals surface area contributed by atoms with Crippen molar-refractivity contribution >= 4 is 45.1 Å². The second-order valence-corrected chi connectivity index (χ2v) is 14.4. The highest BCUT2D eigenvalue weighted by Gasteiger charge is 2.23. The molecule has 0 aliphatic heterocycles. The third-order valence-corrected chi connectivity index (χ3v) is 9.41. The average molecular weight is 757 g/mol. The number of halogens is 1. The van der Waals surface area contributed by atoms with Crippen LogP contribution in [0.5, 0.6) is 11.5 Å². The summed E-state index contributed by atoms with van der Waals surface area (Å²) in [7, 11) is 0. The van der Waals surface area contributed by atoms with Gasteiger partial charge in [-0.05, 0) is 43.9 Å². The SMILES string of the molecule is CCCCCCC(=O)OC(COCCCCC)COc1c2ccccc2c(OCC(COCCCCC)OC(=O)CCCCCC)c2cc(Cl)ccc12. The highest BCUT2D eigenvalue weighted by Crippen LogP contribution is 2.44. The van der Waals surface area contributed by atoms with Crippen molar-refractivity contribution in [3.63, 3.8) is 0 Å². The molecule has 0 fully saturated rings. The van der Waals surface area contributed by atoms with Crippen LogP contribution in [0.1, 0.15) is 130 Å². The normalized spacial score (nSPS) is 12.5. The summed E-state index contributed by atoms with van der Waals surface area (Å²) in [6.45, 7) is 10.6. The van der Waals surface area contributed by atoms with Gasteiger partial charge < -0.3 is 28.4 Å². The van der Waals surface area contributed by atoms with E-state index in [0.717, 1.165) is 111 Å². The predicted molar refractivity (Wildman–Crippen MR) is 215 cm³/mol. The molecule has 3 aromatic carbocycles. The molecule has 2 atom stereocenters. The third-order valence-electron chi connectivity index (χ3n) is 9.17. The minimum Gasteiger partial charge on any atom is -0.488 e. The largest absolute Gasteiger partial charge is 0.488 e. The van der Waals surface area contributed by atoms with E-state index < -0.39 is 12.2 Å². The Hall–Kier alpha value is -3.07. The smallest absolute Gasteiger partial charge is 0.306 e. The van der Waals surface area contributed by atoms with E-state index in [1.165, 1.54) is 0 Å². The lowest BCUT2D eigenvalue weighted by atomic mass is 10.0. The molecule has 0 aromatic heterocycles. The van der Waals surface area contributed by atoms with E-state index in [2.05, 4.69) is 27.7 Å². The summed E-state index contributed by atoms with van der Waals surface area (Å²) in [5, 5.41) is 3.78. The molecule has 0 radical (unpaired) electrons. The minimum atomic E-state index is -0.575. The van der Waals surface area contributed by atoms with E-state index in [9.17, 15) is 9.59 Å². The molecule has 3 aromatic rings. The van der Waals surface area contributed by atoms with Crippen molar-refractivity contribution in [1.29, 1.82) is 0 Å². The first-order valence-corrected chi connectivity index (χ1v) is 20.7. The molecule has 9 heteroatoms. The summed E-state index contributed by atoms with van der Waals surface area (Å²) in [6, 6.07) is 13.5. The molecule has 3 rings (SSSR count). The van der Waals surface area contributed by atoms with E-state index in [-0.39, 0.29) is 38.4 Å². The Morgan fingerprint density at radius 1 is 0.528 bits per heavy atom. The zero-order valence-corrected chi connectivity index (χ0v) is 33.7. The van der Waals surface area contributed by atoms with E-state index in [0.29, 0.717) is 42.6 Å². The van der Waals surface area contributed by atoms with Gasteiger partial charge >= 0.3 is 11.9 Å². The monoisotopic (exact) mass is 756 g/mol. The van der Waals surface area contributed by atoms with Gasteiger partial charge in [0.15, 0.2) is 12.2 Å². The van der Waals surface area contributed by atoms with Crippen LogP contribution in [-0.2, 0) is 28.5 Å². The van der Waals surface area contributed by atoms with Gasteiger partial charge in [-0.2, -0.15) is 0 Å². The number of esters is 2. The van der Waals surface area contributed by atoms with Gasteiger partial charge in [-0.3, -0.25) is 9.59 Å². The molecule has 0 bridgehead atoms. The third kappa shape index (κ3) is 16.5. The summed E-state index contributed by atoms with van der Waals surface area (Å²) < 4.78 is 36.9. The van der Waals surface area contributed by atoms with Crippen LogP contribution in [0.25, 0.3) is 21.5 Å². The summed E-state index contributed by atoms with van der Waals surface area (Å²) in [5.41, 5.74) is 0. The van der Waals surface area contributed by atoms with Gasteiger partial charge in [0.2, 0.25) is 0 Å². The average Bonchev–Trinajstić information content (AvgIpc) is 3.15. The van der Waals surface area contributed by atoms with Crippen LogP contribution in [0, 0.1) is 0 Å². The van der Waals surface area contributed by atoms with E-state index in [4.69, 9.17) is 40.0 Å². The van der Waals surface area contributed by atoms with E-state index >= 15 is 0 Å². The second kappa shape index (κ2) is 26.7. The number of hydrogen-bond donors (Lipinski definition) is 0. The molecule has 0 aliphatic carbocycles. The summed E-state index contributed by atoms with van der Waals surface area (Å²) in [6.07, 6.45) is 13.9. The lowest BCUT2D eigenvalue weighted by Gasteiger charge is -2.23. The number of fused-ring (bicyclic) bond motifs is 2. The molecule has 53 heavy (non-hydrogen) atoms. The molecule has 0 aliphatic rings. The molecule has 0 spiro atoms. The van der Waals surface area contributed by atoms with Gasteiger partial charge in [-0.15, -0.1) is 0 Å². The fraction of sp³-hybridized carbons (Fsp3) is 0.636. The van der Waals surface area contributed by atoms with Gasteiger partial charge in [-0.1, -0.05) is 128 Å². The van der Waals surface area contributed by atoms with Crippen molar-refractivity contribution in [2.75, 3.05) is 39.6 Å². The first-order valence-electron chi connectivity index (χ1n) is 20.4. The molecule has 0 heterocycles. The number of carbonyl (C=O) groups excluding carboxylic acids is 2. The Bertz CT molecular complexity index is 1480. The van der Waals surface area contributed by atoms with Crippen molar-refractivity contribution in [1.82, 2.24) is 0 Å². The first kappa shape index (κ1) is 44.3. The Morgan fingerprint density at radius 2 is 0.962 bits per heavy atom. The molecule has 0 amide bonds. The summed E-state index contributed by atoms with van der Waals surface area (Å²) in [5.74, 6) is 0.792. The van der Waals surface area contributed by atoms with Crippen LogP contribution in [0.15, 0.2) is 42.5 Å². The minimum absolute atomic E-state index is 0.117. The number of carbonyl (C=O) groups is 2. The van der Waals surface area contributed by atoms with Crippen LogP contribution in [0.4, 0.5) is 0 Å². The quantitative estimate of drug-likeness (QED) is 0.0377. The topological polar surface area (TPSA) is 89.5 Å². The Morgan fingerprint density at radius 3 is 1.43 bits per heavy atom. The number of unbranched alkanes of at least 4 members (excludes halogenated alkanes) is 10. The van der Waals surface area contributed by atoms with E-state index in [1.807, 2.05) is 42.5 Å². The number of benzene rings is 3. The van der Waals surface area contributed by atoms with Crippen molar-refractivity contribution in [2.45, 2.75) is 143 Å². The standard InChI is InChI=1S/C44H65ClO8/c1-5-9-13-15-23-41(46)52-35(30-48-27-19-11-7-3)32-50-43-37-21-17-18-22-38(37)44(40-29-34(45)25-26-39(40)43)51-33-36(31-49-28-20-12-8-4)53-42(47)24-16-14-10-6-2/h17-18,21-22,25-26,29,35-36H,5-16,19-20,23-24,27-28,30-33H2,1-4H3. The van der Waals surface area contributed by atoms with Crippen LogP contribution >= 0.6 is 11.6 Å². The molecular formula is C44H65ClO8. The fourth-order valence-corrected chi connectivity index (χ4v) is 6.36. The Balaban J connectivity index is 1.86. The van der Waals surface area contributed by atoms with Crippen LogP contribution in [0.2, 0.25) is 5.02 Å². The number of hydrogen-bond acceptors (Lipinski definition) is 8. The number of ether oxygens (including phenoxy) is 6. The number of rotatable bonds is 30. The van der Waals surface area contributed by atoms with Gasteiger partial charge in [0.25, 0.3) is 0 Å². The van der Waals surface area contributed by atoms with E-state index in [1.54, 1.807) is 0 Å². The zero-order chi connectivity index (χ0) is 38.1. The van der Waals surface area contributed by atoms with Crippen LogP contribution in [-0.4, -0.2) is 63.8 Å². The molecular weight excluding hydrogens is 692 g/mol. The van der Waals surface area contributed by atoms with Gasteiger partial charge in [0, 0.05) is 52.6 Å². The van der Waals surface area contributed by atoms with Crippen LogP contribution < -0.4 is 9.47 Å². The first-order chi connectivity index (χ1) is 25.9. The molecule has 8 nitrogen and oxygen atoms in total. The van der Waals surface area contributed by atoms with Gasteiger partial charge in [0.1, 0.15) is 24.7 Å². The lowest BCUT2D eigenvalue weighted by Crippen LogP contribution is -2.30. The zero-order valence-electron chi connectivity index (χ0n) is 32.9.